The van der Waals surface area contributed by atoms with Gasteiger partial charge in [0.05, 0.1) is 21.3 Å². The molecule has 0 fully saturated rings. The molecule has 2 aromatic rings. The molecular weight excluding hydrogens is 280 g/mol. The van der Waals surface area contributed by atoms with Gasteiger partial charge in [0.2, 0.25) is 5.75 Å². The number of hydrogen-bond donors (Lipinski definition) is 0. The maximum Gasteiger partial charge on any atom is 0.203 e. The minimum absolute atomic E-state index is 0.0586. The molecule has 0 aliphatic heterocycles. The molecule has 0 aliphatic carbocycles. The van der Waals surface area contributed by atoms with Crippen LogP contribution in [0.5, 0.6) is 17.2 Å². The first-order valence-corrected chi connectivity index (χ1v) is 7.08. The van der Waals surface area contributed by atoms with E-state index in [2.05, 4.69) is 0 Å². The van der Waals surface area contributed by atoms with Crippen LogP contribution in [0, 0.1) is 0 Å². The van der Waals surface area contributed by atoms with E-state index in [1.165, 1.54) is 21.3 Å². The highest BCUT2D eigenvalue weighted by Crippen LogP contribution is 2.38. The number of benzene rings is 2. The Hall–Kier alpha value is -2.49. The van der Waals surface area contributed by atoms with E-state index in [4.69, 9.17) is 14.2 Å². The molecule has 116 valence electrons. The van der Waals surface area contributed by atoms with Crippen LogP contribution < -0.4 is 14.2 Å². The summed E-state index contributed by atoms with van der Waals surface area (Å²) in [6, 6.07) is 11.0. The Morgan fingerprint density at radius 3 is 2.05 bits per heavy atom. The molecule has 4 nitrogen and oxygen atoms in total. The second-order valence-electron chi connectivity index (χ2n) is 4.75. The van der Waals surface area contributed by atoms with Crippen LogP contribution in [-0.2, 0) is 6.42 Å². The van der Waals surface area contributed by atoms with Crippen LogP contribution in [0.3, 0.4) is 0 Å². The van der Waals surface area contributed by atoms with Crippen LogP contribution in [0.2, 0.25) is 0 Å². The molecule has 0 heterocycles. The predicted octanol–water partition coefficient (Wildman–Crippen LogP) is 3.51. The van der Waals surface area contributed by atoms with E-state index in [1.54, 1.807) is 12.1 Å². The maximum absolute atomic E-state index is 12.8. The second kappa shape index (κ2) is 6.98. The number of rotatable bonds is 6. The van der Waals surface area contributed by atoms with Crippen molar-refractivity contribution in [1.82, 2.24) is 0 Å². The second-order valence-corrected chi connectivity index (χ2v) is 4.75. The maximum atomic E-state index is 12.8. The standard InChI is InChI=1S/C18H20O4/c1-5-12-8-6-7-9-14(12)17(19)13-10-15(20-2)18(22-4)16(11-13)21-3/h6-11H,5H2,1-4H3. The smallest absolute Gasteiger partial charge is 0.203 e. The van der Waals surface area contributed by atoms with Crippen LogP contribution in [0.15, 0.2) is 36.4 Å². The van der Waals surface area contributed by atoms with Gasteiger partial charge < -0.3 is 14.2 Å². The highest BCUT2D eigenvalue weighted by molar-refractivity contribution is 6.10. The van der Waals surface area contributed by atoms with Crippen molar-refractivity contribution in [2.24, 2.45) is 0 Å². The largest absolute Gasteiger partial charge is 0.493 e. The average molecular weight is 300 g/mol. The molecule has 0 aliphatic rings. The van der Waals surface area contributed by atoms with Gasteiger partial charge in [-0.05, 0) is 24.1 Å². The summed E-state index contributed by atoms with van der Waals surface area (Å²) < 4.78 is 15.9. The number of ether oxygens (including phenoxy) is 3. The van der Waals surface area contributed by atoms with Gasteiger partial charge in [-0.1, -0.05) is 31.2 Å². The van der Waals surface area contributed by atoms with Gasteiger partial charge in [-0.3, -0.25) is 4.79 Å². The van der Waals surface area contributed by atoms with Crippen LogP contribution >= 0.6 is 0 Å². The van der Waals surface area contributed by atoms with Crippen LogP contribution in [0.25, 0.3) is 0 Å². The lowest BCUT2D eigenvalue weighted by Gasteiger charge is -2.14. The number of hydrogen-bond acceptors (Lipinski definition) is 4. The van der Waals surface area contributed by atoms with Gasteiger partial charge in [0.25, 0.3) is 0 Å². The summed E-state index contributed by atoms with van der Waals surface area (Å²) >= 11 is 0. The van der Waals surface area contributed by atoms with Crippen molar-refractivity contribution in [3.8, 4) is 17.2 Å². The zero-order chi connectivity index (χ0) is 16.1. The molecule has 0 N–H and O–H groups in total. The first-order valence-electron chi connectivity index (χ1n) is 7.08. The Morgan fingerprint density at radius 2 is 1.55 bits per heavy atom. The molecule has 0 atom stereocenters. The molecule has 4 heteroatoms. The van der Waals surface area contributed by atoms with E-state index in [0.717, 1.165) is 12.0 Å². The molecule has 0 saturated heterocycles. The Morgan fingerprint density at radius 1 is 0.955 bits per heavy atom. The summed E-state index contributed by atoms with van der Waals surface area (Å²) in [5, 5.41) is 0. The molecule has 0 radical (unpaired) electrons. The zero-order valence-electron chi connectivity index (χ0n) is 13.3. The molecule has 0 bridgehead atoms. The molecular formula is C18H20O4. The topological polar surface area (TPSA) is 44.8 Å². The SMILES string of the molecule is CCc1ccccc1C(=O)c1cc(OC)c(OC)c(OC)c1. The first-order chi connectivity index (χ1) is 10.7. The Kier molecular flexibility index (Phi) is 5.04. The molecule has 2 rings (SSSR count). The van der Waals surface area contributed by atoms with Crippen molar-refractivity contribution in [3.63, 3.8) is 0 Å². The molecule has 2 aromatic carbocycles. The van der Waals surface area contributed by atoms with Crippen LogP contribution in [0.1, 0.15) is 28.4 Å². The fourth-order valence-electron chi connectivity index (χ4n) is 2.42. The van der Waals surface area contributed by atoms with Crippen molar-refractivity contribution in [2.45, 2.75) is 13.3 Å². The quantitative estimate of drug-likeness (QED) is 0.766. The summed E-state index contributed by atoms with van der Waals surface area (Å²) in [5.41, 5.74) is 2.22. The van der Waals surface area contributed by atoms with Crippen molar-refractivity contribution in [2.75, 3.05) is 21.3 Å². The average Bonchev–Trinajstić information content (AvgIpc) is 2.59. The van der Waals surface area contributed by atoms with E-state index in [9.17, 15) is 4.79 Å². The van der Waals surface area contributed by atoms with E-state index < -0.39 is 0 Å². The molecule has 0 saturated carbocycles. The minimum Gasteiger partial charge on any atom is -0.493 e. The fraction of sp³-hybridized carbons (Fsp3) is 0.278. The molecule has 0 spiro atoms. The molecule has 0 unspecified atom stereocenters. The van der Waals surface area contributed by atoms with Crippen molar-refractivity contribution < 1.29 is 19.0 Å². The number of carbonyl (C=O) groups excluding carboxylic acids is 1. The van der Waals surface area contributed by atoms with Gasteiger partial charge in [-0.25, -0.2) is 0 Å². The summed E-state index contributed by atoms with van der Waals surface area (Å²) in [5.74, 6) is 1.36. The van der Waals surface area contributed by atoms with E-state index >= 15 is 0 Å². The summed E-state index contributed by atoms with van der Waals surface area (Å²) in [6.45, 7) is 2.03. The normalized spacial score (nSPS) is 10.2. The van der Waals surface area contributed by atoms with Gasteiger partial charge in [-0.2, -0.15) is 0 Å². The number of carbonyl (C=O) groups is 1. The lowest BCUT2D eigenvalue weighted by Crippen LogP contribution is -2.06. The Labute approximate surface area is 130 Å². The molecule has 22 heavy (non-hydrogen) atoms. The lowest BCUT2D eigenvalue weighted by atomic mass is 9.96. The Bertz CT molecular complexity index is 652. The molecule has 0 aromatic heterocycles. The summed E-state index contributed by atoms with van der Waals surface area (Å²) in [4.78, 5) is 12.8. The third-order valence-electron chi connectivity index (χ3n) is 3.57. The third kappa shape index (κ3) is 2.91. The number of methoxy groups -OCH3 is 3. The van der Waals surface area contributed by atoms with Gasteiger partial charge in [0, 0.05) is 11.1 Å². The van der Waals surface area contributed by atoms with Gasteiger partial charge in [0.1, 0.15) is 0 Å². The monoisotopic (exact) mass is 300 g/mol. The summed E-state index contributed by atoms with van der Waals surface area (Å²) in [6.07, 6.45) is 0.798. The Balaban J connectivity index is 2.54. The van der Waals surface area contributed by atoms with E-state index in [0.29, 0.717) is 28.4 Å². The van der Waals surface area contributed by atoms with Crippen molar-refractivity contribution in [1.29, 1.82) is 0 Å². The van der Waals surface area contributed by atoms with Gasteiger partial charge >= 0.3 is 0 Å². The predicted molar refractivity (Wildman–Crippen MR) is 85.4 cm³/mol. The lowest BCUT2D eigenvalue weighted by molar-refractivity contribution is 0.103. The van der Waals surface area contributed by atoms with E-state index in [1.807, 2.05) is 31.2 Å². The van der Waals surface area contributed by atoms with Crippen LogP contribution in [-0.4, -0.2) is 27.1 Å². The minimum atomic E-state index is -0.0586. The summed E-state index contributed by atoms with van der Waals surface area (Å²) in [7, 11) is 4.60. The van der Waals surface area contributed by atoms with Crippen molar-refractivity contribution in [3.05, 3.63) is 53.1 Å². The fourth-order valence-corrected chi connectivity index (χ4v) is 2.42. The number of ketones is 1. The van der Waals surface area contributed by atoms with E-state index in [-0.39, 0.29) is 5.78 Å². The van der Waals surface area contributed by atoms with Crippen molar-refractivity contribution >= 4 is 5.78 Å². The first kappa shape index (κ1) is 15.9. The highest BCUT2D eigenvalue weighted by Gasteiger charge is 2.19. The highest BCUT2D eigenvalue weighted by atomic mass is 16.5. The molecule has 0 amide bonds. The number of aryl methyl sites for hydroxylation is 1. The third-order valence-corrected chi connectivity index (χ3v) is 3.57. The van der Waals surface area contributed by atoms with Gasteiger partial charge in [0.15, 0.2) is 17.3 Å². The zero-order valence-corrected chi connectivity index (χ0v) is 13.3. The van der Waals surface area contributed by atoms with Gasteiger partial charge in [-0.15, -0.1) is 0 Å². The van der Waals surface area contributed by atoms with Crippen LogP contribution in [0.4, 0.5) is 0 Å².